The molecular formula is C20H30N4O3S2. The minimum Gasteiger partial charge on any atom is -0.342 e. The van der Waals surface area contributed by atoms with E-state index in [1.165, 1.54) is 4.31 Å². The summed E-state index contributed by atoms with van der Waals surface area (Å²) in [6.07, 6.45) is 1.40. The lowest BCUT2D eigenvalue weighted by molar-refractivity contribution is -0.137. The molecule has 1 atom stereocenters. The summed E-state index contributed by atoms with van der Waals surface area (Å²) >= 11 is 1.01. The van der Waals surface area contributed by atoms with Crippen molar-refractivity contribution in [2.24, 2.45) is 17.8 Å². The highest BCUT2D eigenvalue weighted by Crippen LogP contribution is 2.29. The number of nitrogens with zero attached hydrogens (tertiary/aromatic N) is 4. The van der Waals surface area contributed by atoms with Crippen LogP contribution in [-0.4, -0.2) is 58.5 Å². The fourth-order valence-corrected chi connectivity index (χ4v) is 6.16. The van der Waals surface area contributed by atoms with E-state index in [1.807, 2.05) is 4.90 Å². The molecule has 1 aromatic carbocycles. The number of sulfonamides is 1. The lowest BCUT2D eigenvalue weighted by Gasteiger charge is -2.35. The number of aromatic nitrogens is 2. The van der Waals surface area contributed by atoms with Gasteiger partial charge in [-0.05, 0) is 36.8 Å². The number of hydrogen-bond donors (Lipinski definition) is 0. The number of carbonyl (C=O) groups excluding carboxylic acids is 1. The van der Waals surface area contributed by atoms with Gasteiger partial charge in [0.25, 0.3) is 0 Å². The fourth-order valence-electron chi connectivity index (χ4n) is 3.89. The van der Waals surface area contributed by atoms with Gasteiger partial charge in [-0.15, -0.1) is 0 Å². The third-order valence-corrected chi connectivity index (χ3v) is 7.52. The summed E-state index contributed by atoms with van der Waals surface area (Å²) in [6, 6.07) is 5.03. The van der Waals surface area contributed by atoms with Gasteiger partial charge in [0.1, 0.15) is 15.9 Å². The Bertz CT molecular complexity index is 946. The number of piperidine rings is 1. The number of carbonyl (C=O) groups is 1. The van der Waals surface area contributed by atoms with Crippen LogP contribution in [0, 0.1) is 17.8 Å². The average Bonchev–Trinajstić information content (AvgIpc) is 3.15. The topological polar surface area (TPSA) is 83.5 Å². The van der Waals surface area contributed by atoms with E-state index in [9.17, 15) is 13.2 Å². The van der Waals surface area contributed by atoms with E-state index in [4.69, 9.17) is 0 Å². The Balaban J connectivity index is 1.82. The average molecular weight is 439 g/mol. The van der Waals surface area contributed by atoms with Crippen LogP contribution in [0.2, 0.25) is 0 Å². The van der Waals surface area contributed by atoms with Gasteiger partial charge in [-0.25, -0.2) is 8.42 Å². The zero-order valence-electron chi connectivity index (χ0n) is 17.5. The molecule has 9 heteroatoms. The van der Waals surface area contributed by atoms with Gasteiger partial charge < -0.3 is 4.90 Å². The minimum atomic E-state index is -3.73. The van der Waals surface area contributed by atoms with E-state index in [2.05, 4.69) is 36.4 Å². The van der Waals surface area contributed by atoms with Crippen molar-refractivity contribution < 1.29 is 13.2 Å². The Morgan fingerprint density at radius 2 is 1.90 bits per heavy atom. The summed E-state index contributed by atoms with van der Waals surface area (Å²) < 4.78 is 36.4. The summed E-state index contributed by atoms with van der Waals surface area (Å²) in [6.45, 7) is 10.4. The largest absolute Gasteiger partial charge is 0.342 e. The quantitative estimate of drug-likeness (QED) is 0.663. The van der Waals surface area contributed by atoms with Gasteiger partial charge in [0.05, 0.1) is 17.6 Å². The zero-order chi connectivity index (χ0) is 21.2. The first kappa shape index (κ1) is 22.1. The molecule has 7 nitrogen and oxygen atoms in total. The first-order chi connectivity index (χ1) is 13.7. The number of amides is 1. The zero-order valence-corrected chi connectivity index (χ0v) is 19.2. The lowest BCUT2D eigenvalue weighted by atomic mass is 9.97. The second-order valence-electron chi connectivity index (χ2n) is 8.62. The van der Waals surface area contributed by atoms with Crippen molar-refractivity contribution in [2.75, 3.05) is 26.2 Å². The third-order valence-electron chi connectivity index (χ3n) is 5.08. The van der Waals surface area contributed by atoms with Crippen LogP contribution in [-0.2, 0) is 14.8 Å². The normalized spacial score (nSPS) is 18.6. The molecule has 1 aromatic heterocycles. The molecule has 1 fully saturated rings. The van der Waals surface area contributed by atoms with Crippen molar-refractivity contribution in [1.29, 1.82) is 0 Å². The Morgan fingerprint density at radius 1 is 1.21 bits per heavy atom. The molecule has 2 heterocycles. The maximum absolute atomic E-state index is 13.3. The van der Waals surface area contributed by atoms with E-state index in [0.29, 0.717) is 48.9 Å². The number of benzene rings is 1. The lowest BCUT2D eigenvalue weighted by Crippen LogP contribution is -2.48. The molecular weight excluding hydrogens is 408 g/mol. The number of rotatable bonds is 7. The van der Waals surface area contributed by atoms with Gasteiger partial charge >= 0.3 is 0 Å². The second-order valence-corrected chi connectivity index (χ2v) is 11.1. The molecule has 0 unspecified atom stereocenters. The van der Waals surface area contributed by atoms with Gasteiger partial charge in [-0.1, -0.05) is 33.8 Å². The molecule has 0 bridgehead atoms. The molecule has 29 heavy (non-hydrogen) atoms. The molecule has 1 saturated heterocycles. The Morgan fingerprint density at radius 3 is 2.55 bits per heavy atom. The molecule has 2 aromatic rings. The molecule has 1 aliphatic rings. The van der Waals surface area contributed by atoms with Crippen LogP contribution in [0.1, 0.15) is 40.5 Å². The molecule has 1 aliphatic heterocycles. The summed E-state index contributed by atoms with van der Waals surface area (Å²) in [5.74, 6) is 0.511. The Labute approximate surface area is 177 Å². The molecule has 0 N–H and O–H groups in total. The highest BCUT2D eigenvalue weighted by Gasteiger charge is 2.36. The monoisotopic (exact) mass is 438 g/mol. The van der Waals surface area contributed by atoms with Crippen LogP contribution < -0.4 is 0 Å². The molecule has 0 saturated carbocycles. The molecule has 1 amide bonds. The SMILES string of the molecule is CC(C)CN(CC(C)C)C(=O)[C@@H]1CCCN(S(=O)(=O)c2cccc3nsnc23)C1. The maximum atomic E-state index is 13.3. The minimum absolute atomic E-state index is 0.0702. The van der Waals surface area contributed by atoms with Crippen molar-refractivity contribution >= 4 is 38.7 Å². The van der Waals surface area contributed by atoms with Crippen molar-refractivity contribution in [2.45, 2.75) is 45.4 Å². The van der Waals surface area contributed by atoms with Crippen molar-refractivity contribution in [3.63, 3.8) is 0 Å². The van der Waals surface area contributed by atoms with Crippen molar-refractivity contribution in [3.05, 3.63) is 18.2 Å². The predicted molar refractivity (Wildman–Crippen MR) is 115 cm³/mol. The van der Waals surface area contributed by atoms with Crippen LogP contribution >= 0.6 is 11.7 Å². The summed E-state index contributed by atoms with van der Waals surface area (Å²) in [5.41, 5.74) is 0.993. The summed E-state index contributed by atoms with van der Waals surface area (Å²) in [5, 5.41) is 0. The molecule has 0 radical (unpaired) electrons. The predicted octanol–water partition coefficient (Wildman–Crippen LogP) is 3.23. The smallest absolute Gasteiger partial charge is 0.245 e. The molecule has 3 rings (SSSR count). The van der Waals surface area contributed by atoms with Gasteiger partial charge in [0, 0.05) is 26.2 Å². The fraction of sp³-hybridized carbons (Fsp3) is 0.650. The van der Waals surface area contributed by atoms with Gasteiger partial charge in [-0.2, -0.15) is 13.1 Å². The molecule has 160 valence electrons. The maximum Gasteiger partial charge on any atom is 0.245 e. The van der Waals surface area contributed by atoms with Crippen molar-refractivity contribution in [1.82, 2.24) is 18.0 Å². The number of fused-ring (bicyclic) bond motifs is 1. The van der Waals surface area contributed by atoms with Gasteiger partial charge in [0.2, 0.25) is 15.9 Å². The van der Waals surface area contributed by atoms with Crippen LogP contribution in [0.25, 0.3) is 11.0 Å². The van der Waals surface area contributed by atoms with Gasteiger partial charge in [0.15, 0.2) is 0 Å². The van der Waals surface area contributed by atoms with Crippen LogP contribution in [0.5, 0.6) is 0 Å². The summed E-state index contributed by atoms with van der Waals surface area (Å²) in [4.78, 5) is 15.3. The Kier molecular flexibility index (Phi) is 6.90. The highest BCUT2D eigenvalue weighted by molar-refractivity contribution is 7.89. The van der Waals surface area contributed by atoms with Gasteiger partial charge in [-0.3, -0.25) is 4.79 Å². The first-order valence-corrected chi connectivity index (χ1v) is 12.4. The number of hydrogen-bond acceptors (Lipinski definition) is 6. The molecule has 0 spiro atoms. The van der Waals surface area contributed by atoms with Crippen LogP contribution in [0.15, 0.2) is 23.1 Å². The van der Waals surface area contributed by atoms with E-state index in [-0.39, 0.29) is 23.3 Å². The van der Waals surface area contributed by atoms with E-state index < -0.39 is 10.0 Å². The van der Waals surface area contributed by atoms with E-state index in [0.717, 1.165) is 18.1 Å². The molecule has 0 aliphatic carbocycles. The standard InChI is InChI=1S/C20H30N4O3S2/c1-14(2)11-23(12-15(3)4)20(25)16-7-6-10-24(13-16)29(26,27)18-9-5-8-17-19(18)22-28-21-17/h5,8-9,14-16H,6-7,10-13H2,1-4H3/t16-/m1/s1. The second kappa shape index (κ2) is 9.06. The van der Waals surface area contributed by atoms with E-state index >= 15 is 0 Å². The summed E-state index contributed by atoms with van der Waals surface area (Å²) in [7, 11) is -3.73. The van der Waals surface area contributed by atoms with Crippen molar-refractivity contribution in [3.8, 4) is 0 Å². The van der Waals surface area contributed by atoms with Crippen LogP contribution in [0.4, 0.5) is 0 Å². The van der Waals surface area contributed by atoms with E-state index in [1.54, 1.807) is 18.2 Å². The Hall–Kier alpha value is -1.58. The first-order valence-electron chi connectivity index (χ1n) is 10.2. The van der Waals surface area contributed by atoms with Crippen LogP contribution in [0.3, 0.4) is 0 Å². The highest BCUT2D eigenvalue weighted by atomic mass is 32.2. The third kappa shape index (κ3) is 4.95.